The molecule has 0 unspecified atom stereocenters. The number of ketones is 1. The van der Waals surface area contributed by atoms with Gasteiger partial charge in [0.05, 0.1) is 12.9 Å². The van der Waals surface area contributed by atoms with E-state index in [9.17, 15) is 9.59 Å². The summed E-state index contributed by atoms with van der Waals surface area (Å²) in [6.45, 7) is 4.04. The summed E-state index contributed by atoms with van der Waals surface area (Å²) in [7, 11) is 1.60. The summed E-state index contributed by atoms with van der Waals surface area (Å²) < 4.78 is 5.15. The number of hydrogen-bond acceptors (Lipinski definition) is 5. The van der Waals surface area contributed by atoms with Crippen molar-refractivity contribution in [2.45, 2.75) is 0 Å². The molecule has 0 saturated heterocycles. The molecule has 3 rings (SSSR count). The Kier molecular flexibility index (Phi) is 8.42. The maximum atomic E-state index is 12.7. The molecular formula is C22H21BrN2O3S. The van der Waals surface area contributed by atoms with Crippen molar-refractivity contribution < 1.29 is 14.3 Å². The lowest BCUT2D eigenvalue weighted by Gasteiger charge is -2.15. The highest BCUT2D eigenvalue weighted by Gasteiger charge is 2.30. The summed E-state index contributed by atoms with van der Waals surface area (Å²) in [6, 6.07) is 16.4. The van der Waals surface area contributed by atoms with Crippen molar-refractivity contribution in [1.29, 1.82) is 0 Å². The van der Waals surface area contributed by atoms with E-state index in [4.69, 9.17) is 4.74 Å². The summed E-state index contributed by atoms with van der Waals surface area (Å²) in [5, 5.41) is 0.508. The molecule has 1 amide bonds. The van der Waals surface area contributed by atoms with E-state index in [-0.39, 0.29) is 34.4 Å². The molecule has 7 heteroatoms. The number of carbonyl (C=O) groups excluding carboxylic acids is 2. The van der Waals surface area contributed by atoms with Gasteiger partial charge in [0.2, 0.25) is 0 Å². The number of ether oxygens (including phenoxy) is 1. The first-order chi connectivity index (χ1) is 13.6. The second-order valence-electron chi connectivity index (χ2n) is 5.98. The van der Waals surface area contributed by atoms with Gasteiger partial charge >= 0.3 is 0 Å². The van der Waals surface area contributed by atoms with E-state index in [0.29, 0.717) is 23.0 Å². The summed E-state index contributed by atoms with van der Waals surface area (Å²) in [5.74, 6) is 0.740. The number of rotatable bonds is 7. The fourth-order valence-corrected chi connectivity index (χ4v) is 3.53. The third kappa shape index (κ3) is 5.68. The number of halogens is 1. The first-order valence-corrected chi connectivity index (χ1v) is 9.69. The van der Waals surface area contributed by atoms with Crippen LogP contribution in [0.2, 0.25) is 0 Å². The highest BCUT2D eigenvalue weighted by atomic mass is 79.9. The van der Waals surface area contributed by atoms with Gasteiger partial charge in [-0.2, -0.15) is 0 Å². The highest BCUT2D eigenvalue weighted by Crippen LogP contribution is 2.25. The van der Waals surface area contributed by atoms with Gasteiger partial charge in [0.25, 0.3) is 5.91 Å². The molecule has 0 atom stereocenters. The first kappa shape index (κ1) is 22.6. The number of hydrogen-bond donors (Lipinski definition) is 0. The number of nitrogens with zero attached hydrogens (tertiary/aromatic N) is 2. The van der Waals surface area contributed by atoms with E-state index in [1.165, 1.54) is 16.7 Å². The Bertz CT molecular complexity index is 940. The van der Waals surface area contributed by atoms with Gasteiger partial charge in [-0.3, -0.25) is 14.5 Å². The number of thioether (sulfide) groups is 1. The van der Waals surface area contributed by atoms with Gasteiger partial charge < -0.3 is 4.74 Å². The number of aliphatic imine (C=N–C) groups is 1. The monoisotopic (exact) mass is 472 g/mol. The summed E-state index contributed by atoms with van der Waals surface area (Å²) in [5.41, 5.74) is 1.82. The molecule has 0 bridgehead atoms. The van der Waals surface area contributed by atoms with Gasteiger partial charge in [0, 0.05) is 12.1 Å². The molecule has 1 heterocycles. The Morgan fingerprint density at radius 1 is 1.17 bits per heavy atom. The number of Topliss-reactive ketones (excluding diaryl/α,β-unsaturated/α-hetero) is 1. The minimum atomic E-state index is -0.203. The number of carbonyl (C=O) groups is 2. The Labute approximate surface area is 184 Å². The van der Waals surface area contributed by atoms with E-state index in [1.54, 1.807) is 31.4 Å². The molecule has 1 aliphatic heterocycles. The summed E-state index contributed by atoms with van der Waals surface area (Å²) >= 11 is 1.26. The van der Waals surface area contributed by atoms with Gasteiger partial charge in [-0.15, -0.1) is 23.6 Å². The van der Waals surface area contributed by atoms with E-state index in [0.717, 1.165) is 11.3 Å². The summed E-state index contributed by atoms with van der Waals surface area (Å²) in [6.07, 6.45) is 3.37. The molecule has 2 aromatic rings. The average molecular weight is 473 g/mol. The van der Waals surface area contributed by atoms with Gasteiger partial charge in [0.1, 0.15) is 11.4 Å². The lowest BCUT2D eigenvalue weighted by molar-refractivity contribution is -0.122. The lowest BCUT2D eigenvalue weighted by atomic mass is 10.2. The molecule has 150 valence electrons. The zero-order valence-corrected chi connectivity index (χ0v) is 18.4. The van der Waals surface area contributed by atoms with E-state index >= 15 is 0 Å². The lowest BCUT2D eigenvalue weighted by Crippen LogP contribution is -2.31. The minimum absolute atomic E-state index is 0. The predicted octanol–water partition coefficient (Wildman–Crippen LogP) is 4.61. The van der Waals surface area contributed by atoms with Crippen molar-refractivity contribution in [2.24, 2.45) is 4.99 Å². The minimum Gasteiger partial charge on any atom is -0.497 e. The van der Waals surface area contributed by atoms with Crippen molar-refractivity contribution in [2.75, 3.05) is 19.4 Å². The predicted molar refractivity (Wildman–Crippen MR) is 124 cm³/mol. The van der Waals surface area contributed by atoms with Crippen LogP contribution in [0.25, 0.3) is 6.08 Å². The Balaban J connectivity index is 0.00000300. The molecule has 0 N–H and O–H groups in total. The van der Waals surface area contributed by atoms with Crippen molar-refractivity contribution in [3.8, 4) is 5.75 Å². The maximum Gasteiger partial charge on any atom is 0.278 e. The second kappa shape index (κ2) is 10.8. The van der Waals surface area contributed by atoms with Crippen LogP contribution in [0.4, 0.5) is 0 Å². The van der Waals surface area contributed by atoms with Gasteiger partial charge in [-0.05, 0) is 23.8 Å². The number of amides is 1. The maximum absolute atomic E-state index is 12.7. The van der Waals surface area contributed by atoms with Crippen LogP contribution in [0.1, 0.15) is 15.9 Å². The fraction of sp³-hybridized carbons (Fsp3) is 0.136. The van der Waals surface area contributed by atoms with Crippen LogP contribution >= 0.6 is 28.7 Å². The van der Waals surface area contributed by atoms with Crippen molar-refractivity contribution in [3.05, 3.63) is 84.1 Å². The Hall–Kier alpha value is -2.64. The van der Waals surface area contributed by atoms with E-state index in [2.05, 4.69) is 11.6 Å². The molecular weight excluding hydrogens is 452 g/mol. The SMILES string of the molecule is Br.C=CCN1C(=O)/C(=C\c2ccc(OC)cc2)N=C1SCC(=O)c1ccccc1. The quantitative estimate of drug-likeness (QED) is 0.335. The molecule has 29 heavy (non-hydrogen) atoms. The smallest absolute Gasteiger partial charge is 0.278 e. The number of methoxy groups -OCH3 is 1. The fourth-order valence-electron chi connectivity index (χ4n) is 2.63. The molecule has 0 radical (unpaired) electrons. The molecule has 1 aliphatic rings. The molecule has 5 nitrogen and oxygen atoms in total. The van der Waals surface area contributed by atoms with E-state index in [1.807, 2.05) is 42.5 Å². The summed E-state index contributed by atoms with van der Waals surface area (Å²) in [4.78, 5) is 31.1. The standard InChI is InChI=1S/C22H20N2O3S.BrH/c1-3-13-24-21(26)19(14-16-9-11-18(27-2)12-10-16)23-22(24)28-15-20(25)17-7-5-4-6-8-17;/h3-12,14H,1,13,15H2,2H3;1H/b19-14+;. The molecule has 0 aromatic heterocycles. The van der Waals surface area contributed by atoms with Crippen molar-refractivity contribution in [3.63, 3.8) is 0 Å². The van der Waals surface area contributed by atoms with Crippen LogP contribution in [0.3, 0.4) is 0 Å². The van der Waals surface area contributed by atoms with Crippen LogP contribution in [0.15, 0.2) is 77.9 Å². The Morgan fingerprint density at radius 2 is 1.86 bits per heavy atom. The highest BCUT2D eigenvalue weighted by molar-refractivity contribution is 8.93. The third-order valence-corrected chi connectivity index (χ3v) is 5.05. The van der Waals surface area contributed by atoms with E-state index < -0.39 is 0 Å². The number of benzene rings is 2. The van der Waals surface area contributed by atoms with Gasteiger partial charge in [0.15, 0.2) is 11.0 Å². The molecule has 0 aliphatic carbocycles. The third-order valence-electron chi connectivity index (χ3n) is 4.07. The van der Waals surface area contributed by atoms with Crippen LogP contribution in [0.5, 0.6) is 5.75 Å². The largest absolute Gasteiger partial charge is 0.497 e. The zero-order valence-electron chi connectivity index (χ0n) is 15.9. The first-order valence-electron chi connectivity index (χ1n) is 8.70. The number of amidine groups is 1. The normalized spacial score (nSPS) is 14.4. The molecule has 0 saturated carbocycles. The van der Waals surface area contributed by atoms with Crippen LogP contribution in [-0.4, -0.2) is 41.2 Å². The Morgan fingerprint density at radius 3 is 2.48 bits per heavy atom. The zero-order chi connectivity index (χ0) is 19.9. The van der Waals surface area contributed by atoms with Gasteiger partial charge in [-0.25, -0.2) is 4.99 Å². The van der Waals surface area contributed by atoms with Crippen LogP contribution in [-0.2, 0) is 4.79 Å². The average Bonchev–Trinajstić information content (AvgIpc) is 3.02. The molecule has 0 spiro atoms. The van der Waals surface area contributed by atoms with Crippen LogP contribution < -0.4 is 4.74 Å². The van der Waals surface area contributed by atoms with Crippen LogP contribution in [0, 0.1) is 0 Å². The van der Waals surface area contributed by atoms with Gasteiger partial charge in [-0.1, -0.05) is 60.3 Å². The van der Waals surface area contributed by atoms with Crippen molar-refractivity contribution in [1.82, 2.24) is 4.90 Å². The molecule has 2 aromatic carbocycles. The van der Waals surface area contributed by atoms with Crippen molar-refractivity contribution >= 4 is 51.7 Å². The topological polar surface area (TPSA) is 59.0 Å². The second-order valence-corrected chi connectivity index (χ2v) is 6.92. The molecule has 0 fully saturated rings.